The molecular weight excluding hydrogens is 425 g/mol. The first-order chi connectivity index (χ1) is 15.2. The summed E-state index contributed by atoms with van der Waals surface area (Å²) in [4.78, 5) is 25.4. The van der Waals surface area contributed by atoms with E-state index in [-0.39, 0.29) is 0 Å². The van der Waals surface area contributed by atoms with Gasteiger partial charge in [-0.3, -0.25) is 9.59 Å². The molecule has 0 saturated heterocycles. The molecule has 32 heavy (non-hydrogen) atoms. The van der Waals surface area contributed by atoms with Crippen LogP contribution in [0.1, 0.15) is 38.3 Å². The van der Waals surface area contributed by atoms with Gasteiger partial charge in [-0.05, 0) is 35.8 Å². The summed E-state index contributed by atoms with van der Waals surface area (Å²) >= 11 is 0. The van der Waals surface area contributed by atoms with Crippen LogP contribution in [0, 0.1) is 17.5 Å². The summed E-state index contributed by atoms with van der Waals surface area (Å²) in [6.07, 6.45) is 0. The van der Waals surface area contributed by atoms with E-state index in [0.717, 1.165) is 22.0 Å². The Morgan fingerprint density at radius 2 is 1.69 bits per heavy atom. The lowest BCUT2D eigenvalue weighted by Crippen LogP contribution is -2.37. The van der Waals surface area contributed by atoms with Gasteiger partial charge >= 0.3 is 0 Å². The Labute approximate surface area is 181 Å². The van der Waals surface area contributed by atoms with Crippen molar-refractivity contribution in [3.63, 3.8) is 0 Å². The van der Waals surface area contributed by atoms with Crippen LogP contribution in [0.4, 0.5) is 18.9 Å². The highest BCUT2D eigenvalue weighted by atomic mass is 19.2. The van der Waals surface area contributed by atoms with Crippen molar-refractivity contribution in [2.24, 2.45) is 0 Å². The van der Waals surface area contributed by atoms with Crippen LogP contribution in [0.25, 0.3) is 11.4 Å². The molecule has 11 heteroatoms. The Bertz CT molecular complexity index is 1130. The molecule has 0 fully saturated rings. The molecule has 1 aromatic heterocycles. The summed E-state index contributed by atoms with van der Waals surface area (Å²) in [6, 6.07) is 8.33. The number of anilines is 1. The number of carbonyl (C=O) groups is 2. The third-order valence-corrected chi connectivity index (χ3v) is 4.72. The highest BCUT2D eigenvalue weighted by molar-refractivity contribution is 5.95. The normalized spacial score (nSPS) is 12.0. The average molecular weight is 446 g/mol. The number of halogens is 3. The largest absolute Gasteiger partial charge is 0.345 e. The first kappa shape index (κ1) is 22.9. The van der Waals surface area contributed by atoms with Crippen LogP contribution < -0.4 is 10.6 Å². The van der Waals surface area contributed by atoms with E-state index in [1.807, 2.05) is 24.3 Å². The number of hydrogen-bond donors (Lipinski definition) is 2. The molecule has 0 aliphatic carbocycles. The van der Waals surface area contributed by atoms with E-state index < -0.39 is 47.5 Å². The van der Waals surface area contributed by atoms with E-state index >= 15 is 0 Å². The fourth-order valence-electron chi connectivity index (χ4n) is 2.76. The molecule has 0 saturated carbocycles. The lowest BCUT2D eigenvalue weighted by Gasteiger charge is -2.11. The highest BCUT2D eigenvalue weighted by Gasteiger charge is 2.20. The summed E-state index contributed by atoms with van der Waals surface area (Å²) in [7, 11) is 0. The summed E-state index contributed by atoms with van der Waals surface area (Å²) < 4.78 is 39.8. The van der Waals surface area contributed by atoms with Crippen LogP contribution >= 0.6 is 0 Å². The van der Waals surface area contributed by atoms with Crippen molar-refractivity contribution >= 4 is 17.5 Å². The number of hydrogen-bond acceptors (Lipinski definition) is 5. The molecule has 168 valence electrons. The van der Waals surface area contributed by atoms with Gasteiger partial charge in [0.05, 0.1) is 12.2 Å². The van der Waals surface area contributed by atoms with Crippen molar-refractivity contribution in [3.8, 4) is 11.4 Å². The van der Waals surface area contributed by atoms with Crippen LogP contribution in [0.5, 0.6) is 0 Å². The number of nitrogens with zero attached hydrogens (tertiary/aromatic N) is 4. The number of amides is 2. The lowest BCUT2D eigenvalue weighted by atomic mass is 10.0. The predicted octanol–water partition coefficient (Wildman–Crippen LogP) is 3.20. The van der Waals surface area contributed by atoms with Crippen molar-refractivity contribution in [3.05, 3.63) is 59.4 Å². The second-order valence-electron chi connectivity index (χ2n) is 7.38. The van der Waals surface area contributed by atoms with Gasteiger partial charge in [-0.25, -0.2) is 13.2 Å². The van der Waals surface area contributed by atoms with E-state index in [0.29, 0.717) is 17.8 Å². The van der Waals surface area contributed by atoms with Crippen molar-refractivity contribution in [2.45, 2.75) is 32.7 Å². The second kappa shape index (κ2) is 9.58. The maximum Gasteiger partial charge on any atom is 0.246 e. The van der Waals surface area contributed by atoms with Crippen molar-refractivity contribution in [2.75, 3.05) is 11.9 Å². The molecular formula is C21H21F3N6O2. The Kier molecular flexibility index (Phi) is 6.86. The molecule has 1 heterocycles. The monoisotopic (exact) mass is 446 g/mol. The fourth-order valence-corrected chi connectivity index (χ4v) is 2.76. The molecule has 0 spiro atoms. The standard InChI is InChI=1S/C21H21F3N6O2/c1-11(2)13-4-6-14(7-5-13)20-27-29-30(28-20)12(3)21(32)25-10-17(31)26-16-9-8-15(22)18(23)19(16)24/h4-9,11-12H,10H2,1-3H3,(H,25,32)(H,26,31). The van der Waals surface area contributed by atoms with Gasteiger partial charge in [0.1, 0.15) is 6.04 Å². The molecule has 0 aliphatic rings. The second-order valence-corrected chi connectivity index (χ2v) is 7.38. The number of aromatic nitrogens is 4. The number of tetrazole rings is 1. The first-order valence-corrected chi connectivity index (χ1v) is 9.78. The van der Waals surface area contributed by atoms with Gasteiger partial charge in [-0.2, -0.15) is 4.80 Å². The van der Waals surface area contributed by atoms with E-state index in [1.54, 1.807) is 0 Å². The fraction of sp³-hybridized carbons (Fsp3) is 0.286. The number of benzene rings is 2. The van der Waals surface area contributed by atoms with Gasteiger partial charge in [-0.1, -0.05) is 38.1 Å². The van der Waals surface area contributed by atoms with Gasteiger partial charge < -0.3 is 10.6 Å². The Morgan fingerprint density at radius 3 is 2.34 bits per heavy atom. The maximum atomic E-state index is 13.6. The molecule has 3 aromatic rings. The molecule has 2 N–H and O–H groups in total. The molecule has 1 atom stereocenters. The van der Waals surface area contributed by atoms with Crippen LogP contribution in [0.15, 0.2) is 36.4 Å². The molecule has 2 amide bonds. The lowest BCUT2D eigenvalue weighted by molar-refractivity contribution is -0.126. The van der Waals surface area contributed by atoms with Crippen LogP contribution in [0.3, 0.4) is 0 Å². The zero-order valence-electron chi connectivity index (χ0n) is 17.6. The summed E-state index contributed by atoms with van der Waals surface area (Å²) in [5.41, 5.74) is 1.36. The molecule has 3 rings (SSSR count). The van der Waals surface area contributed by atoms with Gasteiger partial charge in [-0.15, -0.1) is 10.2 Å². The topological polar surface area (TPSA) is 102 Å². The minimum absolute atomic E-state index is 0.339. The van der Waals surface area contributed by atoms with E-state index in [1.165, 1.54) is 6.92 Å². The summed E-state index contributed by atoms with van der Waals surface area (Å²) in [6.45, 7) is 5.15. The number of nitrogens with one attached hydrogen (secondary N) is 2. The van der Waals surface area contributed by atoms with Gasteiger partial charge in [0.2, 0.25) is 17.6 Å². The van der Waals surface area contributed by atoms with Gasteiger partial charge in [0.15, 0.2) is 17.5 Å². The van der Waals surface area contributed by atoms with Crippen LogP contribution in [-0.2, 0) is 9.59 Å². The molecule has 0 aliphatic heterocycles. The maximum absolute atomic E-state index is 13.6. The first-order valence-electron chi connectivity index (χ1n) is 9.78. The summed E-state index contributed by atoms with van der Waals surface area (Å²) in [5, 5.41) is 16.5. The van der Waals surface area contributed by atoms with Gasteiger partial charge in [0.25, 0.3) is 0 Å². The quantitative estimate of drug-likeness (QED) is 0.543. The van der Waals surface area contributed by atoms with E-state index in [9.17, 15) is 22.8 Å². The minimum atomic E-state index is -1.70. The Balaban J connectivity index is 1.58. The van der Waals surface area contributed by atoms with E-state index in [2.05, 4.69) is 39.9 Å². The number of carbonyl (C=O) groups excluding carboxylic acids is 2. The Morgan fingerprint density at radius 1 is 1.00 bits per heavy atom. The van der Waals surface area contributed by atoms with Crippen LogP contribution in [-0.4, -0.2) is 38.6 Å². The van der Waals surface area contributed by atoms with Crippen molar-refractivity contribution in [1.29, 1.82) is 0 Å². The zero-order valence-corrected chi connectivity index (χ0v) is 17.6. The number of rotatable bonds is 7. The van der Waals surface area contributed by atoms with Gasteiger partial charge in [0, 0.05) is 5.56 Å². The smallest absolute Gasteiger partial charge is 0.246 e. The minimum Gasteiger partial charge on any atom is -0.345 e. The van der Waals surface area contributed by atoms with Crippen LogP contribution in [0.2, 0.25) is 0 Å². The average Bonchev–Trinajstić information content (AvgIpc) is 3.27. The molecule has 8 nitrogen and oxygen atoms in total. The van der Waals surface area contributed by atoms with E-state index in [4.69, 9.17) is 0 Å². The molecule has 0 radical (unpaired) electrons. The summed E-state index contributed by atoms with van der Waals surface area (Å²) in [5.74, 6) is -5.30. The van der Waals surface area contributed by atoms with Crippen molar-refractivity contribution < 1.29 is 22.8 Å². The third-order valence-electron chi connectivity index (χ3n) is 4.72. The SMILES string of the molecule is CC(C)c1ccc(-c2nnn(C(C)C(=O)NCC(=O)Nc3ccc(F)c(F)c3F)n2)cc1. The third kappa shape index (κ3) is 5.10. The zero-order chi connectivity index (χ0) is 23.4. The Hall–Kier alpha value is -3.76. The molecule has 2 aromatic carbocycles. The molecule has 1 unspecified atom stereocenters. The van der Waals surface area contributed by atoms with Crippen molar-refractivity contribution in [1.82, 2.24) is 25.5 Å². The molecule has 0 bridgehead atoms. The predicted molar refractivity (Wildman–Crippen MR) is 110 cm³/mol. The highest BCUT2D eigenvalue weighted by Crippen LogP contribution is 2.20.